The van der Waals surface area contributed by atoms with E-state index >= 15 is 0 Å². The Hall–Kier alpha value is -2.44. The van der Waals surface area contributed by atoms with Gasteiger partial charge in [-0.3, -0.25) is 9.69 Å². The van der Waals surface area contributed by atoms with E-state index in [1.807, 2.05) is 12.1 Å². The van der Waals surface area contributed by atoms with Crippen molar-refractivity contribution in [2.75, 3.05) is 20.2 Å². The minimum atomic E-state index is -0.269. The molecule has 1 aliphatic carbocycles. The first-order valence-corrected chi connectivity index (χ1v) is 9.89. The van der Waals surface area contributed by atoms with Crippen molar-refractivity contribution in [3.63, 3.8) is 0 Å². The molecule has 0 bridgehead atoms. The van der Waals surface area contributed by atoms with Crippen LogP contribution in [0.5, 0.6) is 5.88 Å². The Morgan fingerprint density at radius 3 is 2.75 bits per heavy atom. The molecule has 0 unspecified atom stereocenters. The van der Waals surface area contributed by atoms with Crippen LogP contribution in [0.2, 0.25) is 0 Å². The summed E-state index contributed by atoms with van der Waals surface area (Å²) in [5.74, 6) is 0.798. The SMILES string of the molecule is COc1ccc([C@@H](NC(=O)CN2CCc3ccccc3C2)C2CC(O)C2)cn1. The fraction of sp³-hybridized carbons (Fsp3) is 0.455. The summed E-state index contributed by atoms with van der Waals surface area (Å²) in [4.78, 5) is 19.3. The molecule has 0 spiro atoms. The monoisotopic (exact) mass is 381 g/mol. The van der Waals surface area contributed by atoms with Crippen LogP contribution in [-0.4, -0.2) is 47.2 Å². The summed E-state index contributed by atoms with van der Waals surface area (Å²) in [5.41, 5.74) is 3.64. The molecule has 1 fully saturated rings. The molecule has 6 nitrogen and oxygen atoms in total. The van der Waals surface area contributed by atoms with Crippen LogP contribution in [-0.2, 0) is 17.8 Å². The van der Waals surface area contributed by atoms with E-state index in [2.05, 4.69) is 39.5 Å². The van der Waals surface area contributed by atoms with Crippen LogP contribution in [0.1, 0.15) is 35.6 Å². The molecule has 2 aliphatic rings. The summed E-state index contributed by atoms with van der Waals surface area (Å²) in [6.07, 6.45) is 3.87. The number of benzene rings is 1. The van der Waals surface area contributed by atoms with Gasteiger partial charge in [0.05, 0.1) is 25.8 Å². The highest BCUT2D eigenvalue weighted by atomic mass is 16.5. The van der Waals surface area contributed by atoms with Crippen LogP contribution in [0, 0.1) is 5.92 Å². The van der Waals surface area contributed by atoms with Gasteiger partial charge in [-0.15, -0.1) is 0 Å². The Bertz CT molecular complexity index is 818. The highest BCUT2D eigenvalue weighted by Gasteiger charge is 2.36. The molecule has 1 atom stereocenters. The Morgan fingerprint density at radius 2 is 2.07 bits per heavy atom. The van der Waals surface area contributed by atoms with Crippen molar-refractivity contribution >= 4 is 5.91 Å². The molecule has 6 heteroatoms. The Morgan fingerprint density at radius 1 is 1.29 bits per heavy atom. The predicted octanol–water partition coefficient (Wildman–Crippen LogP) is 2.08. The molecule has 148 valence electrons. The third kappa shape index (κ3) is 4.18. The van der Waals surface area contributed by atoms with E-state index in [4.69, 9.17) is 4.74 Å². The van der Waals surface area contributed by atoms with Gasteiger partial charge in [0.15, 0.2) is 0 Å². The molecule has 0 radical (unpaired) electrons. The van der Waals surface area contributed by atoms with Crippen molar-refractivity contribution in [1.82, 2.24) is 15.2 Å². The predicted molar refractivity (Wildman–Crippen MR) is 106 cm³/mol. The van der Waals surface area contributed by atoms with Gasteiger partial charge < -0.3 is 15.2 Å². The second kappa shape index (κ2) is 8.29. The number of hydrogen-bond donors (Lipinski definition) is 2. The van der Waals surface area contributed by atoms with Gasteiger partial charge in [-0.05, 0) is 41.9 Å². The van der Waals surface area contributed by atoms with Crippen LogP contribution >= 0.6 is 0 Å². The van der Waals surface area contributed by atoms with Gasteiger partial charge in [0.1, 0.15) is 0 Å². The molecule has 1 aliphatic heterocycles. The van der Waals surface area contributed by atoms with Crippen molar-refractivity contribution in [2.24, 2.45) is 5.92 Å². The number of fused-ring (bicyclic) bond motifs is 1. The van der Waals surface area contributed by atoms with E-state index in [1.165, 1.54) is 11.1 Å². The zero-order chi connectivity index (χ0) is 19.5. The maximum absolute atomic E-state index is 12.8. The van der Waals surface area contributed by atoms with Gasteiger partial charge in [-0.25, -0.2) is 4.98 Å². The summed E-state index contributed by atoms with van der Waals surface area (Å²) in [5, 5.41) is 12.9. The molecule has 0 saturated heterocycles. The normalized spacial score (nSPS) is 22.6. The van der Waals surface area contributed by atoms with Gasteiger partial charge in [-0.2, -0.15) is 0 Å². The molecule has 2 N–H and O–H groups in total. The molecule has 2 heterocycles. The average Bonchev–Trinajstić information content (AvgIpc) is 2.70. The number of aliphatic hydroxyl groups excluding tert-OH is 1. The van der Waals surface area contributed by atoms with E-state index in [1.54, 1.807) is 13.3 Å². The van der Waals surface area contributed by atoms with Crippen molar-refractivity contribution < 1.29 is 14.6 Å². The lowest BCUT2D eigenvalue weighted by atomic mass is 9.75. The Kier molecular flexibility index (Phi) is 5.59. The maximum atomic E-state index is 12.8. The van der Waals surface area contributed by atoms with E-state index < -0.39 is 0 Å². The number of amides is 1. The van der Waals surface area contributed by atoms with Crippen molar-refractivity contribution in [2.45, 2.75) is 38.0 Å². The van der Waals surface area contributed by atoms with Gasteiger partial charge in [0.2, 0.25) is 11.8 Å². The molecular weight excluding hydrogens is 354 g/mol. The molecule has 1 aromatic carbocycles. The summed E-state index contributed by atoms with van der Waals surface area (Å²) in [6.45, 7) is 2.07. The topological polar surface area (TPSA) is 74.7 Å². The zero-order valence-corrected chi connectivity index (χ0v) is 16.2. The largest absolute Gasteiger partial charge is 0.481 e. The summed E-state index contributed by atoms with van der Waals surface area (Å²) < 4.78 is 5.13. The second-order valence-corrected chi connectivity index (χ2v) is 7.79. The molecule has 2 aromatic rings. The van der Waals surface area contributed by atoms with Crippen molar-refractivity contribution in [1.29, 1.82) is 0 Å². The van der Waals surface area contributed by atoms with Gasteiger partial charge >= 0.3 is 0 Å². The first-order chi connectivity index (χ1) is 13.6. The maximum Gasteiger partial charge on any atom is 0.234 e. The van der Waals surface area contributed by atoms with Crippen LogP contribution in [0.3, 0.4) is 0 Å². The van der Waals surface area contributed by atoms with Crippen LogP contribution in [0.25, 0.3) is 0 Å². The average molecular weight is 381 g/mol. The Labute approximate surface area is 165 Å². The minimum absolute atomic E-state index is 0.0154. The first kappa shape index (κ1) is 18.9. The molecule has 1 aromatic heterocycles. The first-order valence-electron chi connectivity index (χ1n) is 9.89. The third-order valence-electron chi connectivity index (χ3n) is 5.84. The Balaban J connectivity index is 1.41. The van der Waals surface area contributed by atoms with E-state index in [0.29, 0.717) is 25.3 Å². The molecular formula is C22H27N3O3. The van der Waals surface area contributed by atoms with Crippen LogP contribution in [0.15, 0.2) is 42.6 Å². The van der Waals surface area contributed by atoms with Crippen LogP contribution in [0.4, 0.5) is 0 Å². The van der Waals surface area contributed by atoms with Gasteiger partial charge in [0.25, 0.3) is 0 Å². The number of pyridine rings is 1. The lowest BCUT2D eigenvalue weighted by Gasteiger charge is -2.38. The third-order valence-corrected chi connectivity index (χ3v) is 5.84. The fourth-order valence-electron chi connectivity index (χ4n) is 4.18. The smallest absolute Gasteiger partial charge is 0.234 e. The highest BCUT2D eigenvalue weighted by molar-refractivity contribution is 5.78. The summed E-state index contributed by atoms with van der Waals surface area (Å²) in [6, 6.07) is 12.1. The number of aliphatic hydroxyl groups is 1. The molecule has 1 amide bonds. The lowest BCUT2D eigenvalue weighted by molar-refractivity contribution is -0.124. The zero-order valence-electron chi connectivity index (χ0n) is 16.2. The number of ether oxygens (including phenoxy) is 1. The van der Waals surface area contributed by atoms with Crippen LogP contribution < -0.4 is 10.1 Å². The number of carbonyl (C=O) groups excluding carboxylic acids is 1. The number of hydrogen-bond acceptors (Lipinski definition) is 5. The van der Waals surface area contributed by atoms with Gasteiger partial charge in [0, 0.05) is 25.4 Å². The number of methoxy groups -OCH3 is 1. The summed E-state index contributed by atoms with van der Waals surface area (Å²) >= 11 is 0. The van der Waals surface area contributed by atoms with Crippen molar-refractivity contribution in [3.8, 4) is 5.88 Å². The minimum Gasteiger partial charge on any atom is -0.481 e. The standard InChI is InChI=1S/C22H27N3O3/c1-28-21-7-6-16(12-23-21)22(18-10-19(26)11-18)24-20(27)14-25-9-8-15-4-2-3-5-17(15)13-25/h2-7,12,18-19,22,26H,8-11,13-14H2,1H3,(H,24,27)/t18?,19?,22-/m1/s1. The number of nitrogens with one attached hydrogen (secondary N) is 1. The number of rotatable bonds is 6. The van der Waals surface area contributed by atoms with E-state index in [9.17, 15) is 9.90 Å². The lowest BCUT2D eigenvalue weighted by Crippen LogP contribution is -2.45. The number of nitrogens with zero attached hydrogens (tertiary/aromatic N) is 2. The van der Waals surface area contributed by atoms with Gasteiger partial charge in [-0.1, -0.05) is 30.3 Å². The van der Waals surface area contributed by atoms with E-state index in [0.717, 1.165) is 25.1 Å². The van der Waals surface area contributed by atoms with E-state index in [-0.39, 0.29) is 24.0 Å². The quantitative estimate of drug-likeness (QED) is 0.801. The fourth-order valence-corrected chi connectivity index (χ4v) is 4.18. The molecule has 28 heavy (non-hydrogen) atoms. The number of carbonyl (C=O) groups is 1. The van der Waals surface area contributed by atoms with Crippen molar-refractivity contribution in [3.05, 3.63) is 59.3 Å². The summed E-state index contributed by atoms with van der Waals surface area (Å²) in [7, 11) is 1.58. The highest BCUT2D eigenvalue weighted by Crippen LogP contribution is 2.38. The molecule has 4 rings (SSSR count). The second-order valence-electron chi connectivity index (χ2n) is 7.79. The molecule has 1 saturated carbocycles. The number of aromatic nitrogens is 1.